The van der Waals surface area contributed by atoms with Crippen LogP contribution in [0.3, 0.4) is 0 Å². The Morgan fingerprint density at radius 2 is 2.21 bits per heavy atom. The molecule has 0 radical (unpaired) electrons. The van der Waals surface area contributed by atoms with Crippen LogP contribution in [0.25, 0.3) is 0 Å². The van der Waals surface area contributed by atoms with Gasteiger partial charge in [0.25, 0.3) is 0 Å². The fourth-order valence-electron chi connectivity index (χ4n) is 3.21. The van der Waals surface area contributed by atoms with Crippen LogP contribution in [0, 0.1) is 11.8 Å². The predicted octanol–water partition coefficient (Wildman–Crippen LogP) is 2.41. The highest BCUT2D eigenvalue weighted by atomic mass is 16.5. The zero-order valence-electron chi connectivity index (χ0n) is 12.4. The average molecular weight is 266 g/mol. The molecule has 5 nitrogen and oxygen atoms in total. The fourth-order valence-corrected chi connectivity index (χ4v) is 3.21. The Morgan fingerprint density at radius 1 is 1.47 bits per heavy atom. The van der Waals surface area contributed by atoms with Gasteiger partial charge in [-0.05, 0) is 38.5 Å². The molecule has 0 bridgehead atoms. The molecule has 1 aromatic rings. The van der Waals surface area contributed by atoms with Crippen LogP contribution in [0.4, 0.5) is 0 Å². The predicted molar refractivity (Wildman–Crippen MR) is 75.7 cm³/mol. The lowest BCUT2D eigenvalue weighted by Gasteiger charge is -2.25. The highest BCUT2D eigenvalue weighted by Crippen LogP contribution is 2.41. The Hall–Kier alpha value is -1.07. The average Bonchev–Trinajstić information content (AvgIpc) is 2.97. The normalized spacial score (nSPS) is 24.9. The summed E-state index contributed by atoms with van der Waals surface area (Å²) >= 11 is 0. The summed E-state index contributed by atoms with van der Waals surface area (Å²) in [7, 11) is 1.69. The second-order valence-corrected chi connectivity index (χ2v) is 5.96. The van der Waals surface area contributed by atoms with Crippen LogP contribution in [-0.4, -0.2) is 16.9 Å². The van der Waals surface area contributed by atoms with E-state index in [-0.39, 0.29) is 6.04 Å². The van der Waals surface area contributed by atoms with Crippen LogP contribution >= 0.6 is 0 Å². The lowest BCUT2D eigenvalue weighted by atomic mass is 9.94. The van der Waals surface area contributed by atoms with Crippen molar-refractivity contribution in [2.75, 3.05) is 7.11 Å². The second-order valence-electron chi connectivity index (χ2n) is 5.96. The number of aromatic nitrogens is 2. The van der Waals surface area contributed by atoms with Crippen molar-refractivity contribution in [1.82, 2.24) is 15.2 Å². The van der Waals surface area contributed by atoms with Crippen LogP contribution < -0.4 is 16.0 Å². The summed E-state index contributed by atoms with van der Waals surface area (Å²) in [5.74, 6) is 8.00. The molecular weight excluding hydrogens is 240 g/mol. The number of hydrogen-bond acceptors (Lipinski definition) is 4. The summed E-state index contributed by atoms with van der Waals surface area (Å²) in [6.45, 7) is 6.56. The van der Waals surface area contributed by atoms with Gasteiger partial charge >= 0.3 is 0 Å². The van der Waals surface area contributed by atoms with Gasteiger partial charge in [-0.2, -0.15) is 5.10 Å². The van der Waals surface area contributed by atoms with E-state index in [1.807, 2.05) is 4.68 Å². The molecule has 0 spiro atoms. The molecule has 1 aromatic heterocycles. The van der Waals surface area contributed by atoms with Crippen molar-refractivity contribution in [3.05, 3.63) is 11.9 Å². The Labute approximate surface area is 115 Å². The van der Waals surface area contributed by atoms with E-state index in [1.54, 1.807) is 13.3 Å². The molecule has 0 amide bonds. The van der Waals surface area contributed by atoms with Gasteiger partial charge in [-0.15, -0.1) is 0 Å². The molecule has 0 aromatic carbocycles. The molecule has 1 aliphatic rings. The molecule has 3 atom stereocenters. The Morgan fingerprint density at radius 3 is 2.68 bits per heavy atom. The van der Waals surface area contributed by atoms with E-state index >= 15 is 0 Å². The van der Waals surface area contributed by atoms with Crippen LogP contribution in [0.5, 0.6) is 5.75 Å². The lowest BCUT2D eigenvalue weighted by Crippen LogP contribution is -2.35. The molecule has 19 heavy (non-hydrogen) atoms. The van der Waals surface area contributed by atoms with Crippen molar-refractivity contribution in [2.24, 2.45) is 17.7 Å². The highest BCUT2D eigenvalue weighted by molar-refractivity contribution is 5.29. The van der Waals surface area contributed by atoms with Crippen molar-refractivity contribution >= 4 is 0 Å². The topological polar surface area (TPSA) is 65.1 Å². The zero-order valence-corrected chi connectivity index (χ0v) is 12.4. The van der Waals surface area contributed by atoms with E-state index < -0.39 is 0 Å². The number of methoxy groups -OCH3 is 1. The quantitative estimate of drug-likeness (QED) is 0.634. The first kappa shape index (κ1) is 14.3. The summed E-state index contributed by atoms with van der Waals surface area (Å²) in [4.78, 5) is 0. The maximum atomic E-state index is 5.84. The molecule has 0 saturated heterocycles. The first-order valence-electron chi connectivity index (χ1n) is 7.16. The van der Waals surface area contributed by atoms with Gasteiger partial charge in [0.2, 0.25) is 0 Å². The van der Waals surface area contributed by atoms with Crippen LogP contribution in [0.2, 0.25) is 0 Å². The van der Waals surface area contributed by atoms with Gasteiger partial charge in [0.05, 0.1) is 25.0 Å². The molecule has 108 valence electrons. The summed E-state index contributed by atoms with van der Waals surface area (Å²) in [6, 6.07) is 0.415. The zero-order chi connectivity index (χ0) is 14.0. The smallest absolute Gasteiger partial charge is 0.161 e. The number of ether oxygens (including phenoxy) is 1. The Balaban J connectivity index is 2.33. The third-order valence-electron chi connectivity index (χ3n) is 4.19. The third-order valence-corrected chi connectivity index (χ3v) is 4.19. The van der Waals surface area contributed by atoms with E-state index in [2.05, 4.69) is 31.3 Å². The number of nitrogens with zero attached hydrogens (tertiary/aromatic N) is 2. The minimum atomic E-state index is 0.116. The molecule has 1 heterocycles. The van der Waals surface area contributed by atoms with E-state index in [0.717, 1.165) is 17.4 Å². The van der Waals surface area contributed by atoms with Crippen molar-refractivity contribution < 1.29 is 4.74 Å². The molecular formula is C14H26N4O. The summed E-state index contributed by atoms with van der Waals surface area (Å²) in [6.07, 6.45) is 5.49. The van der Waals surface area contributed by atoms with E-state index in [0.29, 0.717) is 12.0 Å². The summed E-state index contributed by atoms with van der Waals surface area (Å²) < 4.78 is 7.49. The molecule has 1 aliphatic carbocycles. The van der Waals surface area contributed by atoms with Crippen molar-refractivity contribution in [1.29, 1.82) is 0 Å². The van der Waals surface area contributed by atoms with Gasteiger partial charge in [0.1, 0.15) is 0 Å². The largest absolute Gasteiger partial charge is 0.493 e. The molecule has 5 heteroatoms. The van der Waals surface area contributed by atoms with Gasteiger partial charge in [-0.25, -0.2) is 0 Å². The van der Waals surface area contributed by atoms with Gasteiger partial charge in [0, 0.05) is 6.04 Å². The standard InChI is InChI=1S/C14H26N4O/c1-9(2)18-14(12(19-4)8-16-18)13(17-15)11-6-5-10(3)7-11/h8-11,13,17H,5-7,15H2,1-4H3. The van der Waals surface area contributed by atoms with Crippen molar-refractivity contribution in [2.45, 2.75) is 52.1 Å². The van der Waals surface area contributed by atoms with Crippen molar-refractivity contribution in [3.8, 4) is 5.75 Å². The maximum absolute atomic E-state index is 5.84. The third kappa shape index (κ3) is 2.77. The van der Waals surface area contributed by atoms with Crippen molar-refractivity contribution in [3.63, 3.8) is 0 Å². The number of nitrogens with two attached hydrogens (primary N) is 1. The van der Waals surface area contributed by atoms with Gasteiger partial charge in [0.15, 0.2) is 5.75 Å². The molecule has 3 N–H and O–H groups in total. The van der Waals surface area contributed by atoms with Crippen LogP contribution in [-0.2, 0) is 0 Å². The number of rotatable bonds is 5. The van der Waals surface area contributed by atoms with E-state index in [9.17, 15) is 0 Å². The summed E-state index contributed by atoms with van der Waals surface area (Å²) in [5.41, 5.74) is 4.08. The molecule has 1 fully saturated rings. The molecule has 1 saturated carbocycles. The number of hydrazine groups is 1. The fraction of sp³-hybridized carbons (Fsp3) is 0.786. The van der Waals surface area contributed by atoms with Crippen LogP contribution in [0.1, 0.15) is 57.8 Å². The lowest BCUT2D eigenvalue weighted by molar-refractivity contribution is 0.317. The Bertz CT molecular complexity index is 416. The van der Waals surface area contributed by atoms with E-state index in [4.69, 9.17) is 10.6 Å². The van der Waals surface area contributed by atoms with E-state index in [1.165, 1.54) is 19.3 Å². The van der Waals surface area contributed by atoms with Gasteiger partial charge in [-0.1, -0.05) is 13.3 Å². The summed E-state index contributed by atoms with van der Waals surface area (Å²) in [5, 5.41) is 4.44. The Kier molecular flexibility index (Phi) is 4.47. The van der Waals surface area contributed by atoms with Crippen LogP contribution in [0.15, 0.2) is 6.20 Å². The van der Waals surface area contributed by atoms with Gasteiger partial charge in [-0.3, -0.25) is 16.0 Å². The second kappa shape index (κ2) is 5.92. The minimum absolute atomic E-state index is 0.116. The SMILES string of the molecule is COc1cnn(C(C)C)c1C(NN)C1CCC(C)C1. The molecule has 3 unspecified atom stereocenters. The monoisotopic (exact) mass is 266 g/mol. The minimum Gasteiger partial charge on any atom is -0.493 e. The molecule has 0 aliphatic heterocycles. The number of nitrogens with one attached hydrogen (secondary N) is 1. The highest BCUT2D eigenvalue weighted by Gasteiger charge is 2.33. The van der Waals surface area contributed by atoms with Gasteiger partial charge < -0.3 is 4.74 Å². The number of hydrogen-bond donors (Lipinski definition) is 2. The first-order chi connectivity index (χ1) is 9.08. The maximum Gasteiger partial charge on any atom is 0.161 e. The first-order valence-corrected chi connectivity index (χ1v) is 7.16. The molecule has 2 rings (SSSR count).